The summed E-state index contributed by atoms with van der Waals surface area (Å²) in [5.74, 6) is -4.01. The Labute approximate surface area is 140 Å². The van der Waals surface area contributed by atoms with Crippen LogP contribution in [0.4, 0.5) is 0 Å². The molecule has 0 aliphatic rings. The number of hydrogen-bond acceptors (Lipinski definition) is 9. The van der Waals surface area contributed by atoms with Gasteiger partial charge in [-0.2, -0.15) is 0 Å². The van der Waals surface area contributed by atoms with Crippen molar-refractivity contribution in [3.63, 3.8) is 0 Å². The molecule has 0 fully saturated rings. The van der Waals surface area contributed by atoms with Crippen LogP contribution in [0.1, 0.15) is 0 Å². The van der Waals surface area contributed by atoms with E-state index in [1.807, 2.05) is 0 Å². The number of hydrogen-bond donors (Lipinski definition) is 2. The second kappa shape index (κ2) is 15.2. The second-order valence-corrected chi connectivity index (χ2v) is 1.87. The number of carboxylic acids is 2. The third kappa shape index (κ3) is 15.2. The first-order chi connectivity index (χ1) is 6.95. The molecule has 0 unspecified atom stereocenters. The standard InChI is InChI=1S/C2O4S.C2H2O4.CN.K.H3N/c3-1-2(4)6-7-5-1;3-1(4)2(5)6;1-2;;/h;(H,3,4)(H,5,6);;;1H3/q;;-1;+1;. The molecule has 12 heteroatoms. The summed E-state index contributed by atoms with van der Waals surface area (Å²) in [4.78, 5) is 37.7. The monoisotopic (exact) mass is 292 g/mol. The molecule has 1 heterocycles. The number of aliphatic carboxylic acids is 2. The SMILES string of the molecule is O=C([O-])C(=O)O.O=c1osoc1=O.[C-]#N.[K+].[NH4+]. The summed E-state index contributed by atoms with van der Waals surface area (Å²) >= 11 is 0.391. The van der Waals surface area contributed by atoms with Gasteiger partial charge in [-0.15, -0.1) is 0 Å². The average molecular weight is 292 g/mol. The molecule has 0 saturated carbocycles. The molecule has 0 aliphatic carbocycles. The number of rotatable bonds is 0. The van der Waals surface area contributed by atoms with Gasteiger partial charge in [0.25, 0.3) is 0 Å². The third-order valence-corrected chi connectivity index (χ3v) is 1.000. The van der Waals surface area contributed by atoms with Crippen LogP contribution in [0.5, 0.6) is 0 Å². The van der Waals surface area contributed by atoms with Gasteiger partial charge in [0.05, 0.1) is 0 Å². The topological polar surface area (TPSA) is 198 Å². The molecule has 0 bridgehead atoms. The summed E-state index contributed by atoms with van der Waals surface area (Å²) in [6.45, 7) is 4.75. The Morgan fingerprint density at radius 3 is 1.53 bits per heavy atom. The Bertz CT molecular complexity index is 408. The van der Waals surface area contributed by atoms with Crippen molar-refractivity contribution in [3.8, 4) is 0 Å². The minimum atomic E-state index is -2.07. The van der Waals surface area contributed by atoms with Gasteiger partial charge >= 0.3 is 68.6 Å². The van der Waals surface area contributed by atoms with Gasteiger partial charge in [0.15, 0.2) is 5.97 Å². The van der Waals surface area contributed by atoms with Crippen molar-refractivity contribution < 1.29 is 78.9 Å². The van der Waals surface area contributed by atoms with Crippen LogP contribution in [-0.4, -0.2) is 17.0 Å². The van der Waals surface area contributed by atoms with Gasteiger partial charge in [0.2, 0.25) is 11.9 Å². The second-order valence-electron chi connectivity index (χ2n) is 1.40. The molecule has 5 N–H and O–H groups in total. The van der Waals surface area contributed by atoms with Crippen LogP contribution >= 0.6 is 11.9 Å². The predicted octanol–water partition coefficient (Wildman–Crippen LogP) is -5.05. The predicted molar refractivity (Wildman–Crippen MR) is 45.0 cm³/mol. The summed E-state index contributed by atoms with van der Waals surface area (Å²) in [6.07, 6.45) is 0. The number of carbonyl (C=O) groups excluding carboxylic acids is 1. The van der Waals surface area contributed by atoms with Crippen LogP contribution < -0.4 is 73.9 Å². The zero-order chi connectivity index (χ0) is 12.4. The van der Waals surface area contributed by atoms with Gasteiger partial charge in [-0.3, -0.25) is 0 Å². The summed E-state index contributed by atoms with van der Waals surface area (Å²) in [6, 6.07) is 0. The minimum absolute atomic E-state index is 0. The molecule has 1 aromatic rings. The number of quaternary nitrogens is 1. The van der Waals surface area contributed by atoms with Gasteiger partial charge < -0.3 is 40.7 Å². The quantitative estimate of drug-likeness (QED) is 0.267. The van der Waals surface area contributed by atoms with Gasteiger partial charge in [0.1, 0.15) is 0 Å². The van der Waals surface area contributed by atoms with Crippen molar-refractivity contribution >= 4 is 23.9 Å². The summed E-state index contributed by atoms with van der Waals surface area (Å²) in [5.41, 5.74) is -1.88. The number of carboxylic acid groups (broad SMARTS) is 2. The Hall–Kier alpha value is -0.814. The van der Waals surface area contributed by atoms with E-state index in [9.17, 15) is 9.59 Å². The molecule has 90 valence electrons. The third-order valence-electron chi connectivity index (χ3n) is 0.561. The van der Waals surface area contributed by atoms with Gasteiger partial charge in [-0.05, 0) is 0 Å². The zero-order valence-electron chi connectivity index (χ0n) is 8.66. The Morgan fingerprint density at radius 1 is 1.24 bits per heavy atom. The van der Waals surface area contributed by atoms with Crippen LogP contribution in [0.15, 0.2) is 17.3 Å². The Morgan fingerprint density at radius 2 is 1.47 bits per heavy atom. The van der Waals surface area contributed by atoms with Gasteiger partial charge in [-0.25, -0.2) is 14.4 Å². The van der Waals surface area contributed by atoms with Crippen LogP contribution in [-0.2, 0) is 9.59 Å². The van der Waals surface area contributed by atoms with Crippen LogP contribution in [0, 0.1) is 11.8 Å². The average Bonchev–Trinajstić information content (AvgIpc) is 2.55. The van der Waals surface area contributed by atoms with Crippen LogP contribution in [0.25, 0.3) is 0 Å². The van der Waals surface area contributed by atoms with Crippen molar-refractivity contribution in [2.75, 3.05) is 0 Å². The molecular formula is C5H5KN2O8S. The fraction of sp³-hybridized carbons (Fsp3) is 0. The molecule has 0 spiro atoms. The van der Waals surface area contributed by atoms with Crippen molar-refractivity contribution in [2.24, 2.45) is 0 Å². The maximum absolute atomic E-state index is 9.86. The van der Waals surface area contributed by atoms with Crippen molar-refractivity contribution in [1.82, 2.24) is 6.15 Å². The number of carbonyl (C=O) groups is 2. The Kier molecular flexibility index (Phi) is 22.5. The van der Waals surface area contributed by atoms with E-state index in [1.54, 1.807) is 0 Å². The molecule has 0 aliphatic heterocycles. The first-order valence-electron chi connectivity index (χ1n) is 2.71. The van der Waals surface area contributed by atoms with E-state index in [0.717, 1.165) is 0 Å². The zero-order valence-corrected chi connectivity index (χ0v) is 12.6. The molecule has 1 aromatic heterocycles. The molecule has 0 radical (unpaired) electrons. The molecule has 1 rings (SSSR count). The minimum Gasteiger partial charge on any atom is -0.539 e. The van der Waals surface area contributed by atoms with E-state index < -0.39 is 23.2 Å². The van der Waals surface area contributed by atoms with Crippen molar-refractivity contribution in [3.05, 3.63) is 27.4 Å². The maximum Gasteiger partial charge on any atom is 1.00 e. The summed E-state index contributed by atoms with van der Waals surface area (Å²) in [7, 11) is 0. The van der Waals surface area contributed by atoms with E-state index in [-0.39, 0.29) is 57.5 Å². The molecule has 0 amide bonds. The summed E-state index contributed by atoms with van der Waals surface area (Å²) < 4.78 is 7.94. The van der Waals surface area contributed by atoms with Gasteiger partial charge in [0, 0.05) is 0 Å². The maximum atomic E-state index is 9.86. The summed E-state index contributed by atoms with van der Waals surface area (Å²) in [5, 5.41) is 22.6. The number of nitrogens with zero attached hydrogens (tertiary/aromatic N) is 1. The molecule has 10 nitrogen and oxygen atoms in total. The first-order valence-corrected chi connectivity index (χ1v) is 3.38. The van der Waals surface area contributed by atoms with E-state index >= 15 is 0 Å². The Balaban J connectivity index is -0.0000000794. The fourth-order valence-electron chi connectivity index (χ4n) is 0.147. The fourth-order valence-corrected chi connectivity index (χ4v) is 0.441. The molecular weight excluding hydrogens is 287 g/mol. The molecule has 0 saturated heterocycles. The molecule has 0 atom stereocenters. The van der Waals surface area contributed by atoms with Gasteiger partial charge in [-0.1, -0.05) is 0 Å². The smallest absolute Gasteiger partial charge is 0.539 e. The van der Waals surface area contributed by atoms with Crippen LogP contribution in [0.2, 0.25) is 0 Å². The van der Waals surface area contributed by atoms with E-state index in [0.29, 0.717) is 11.9 Å². The van der Waals surface area contributed by atoms with E-state index in [1.165, 1.54) is 0 Å². The largest absolute Gasteiger partial charge is 1.00 e. The normalized spacial score (nSPS) is 6.47. The molecule has 17 heavy (non-hydrogen) atoms. The van der Waals surface area contributed by atoms with E-state index in [4.69, 9.17) is 31.6 Å². The first kappa shape index (κ1) is 25.1. The van der Waals surface area contributed by atoms with E-state index in [2.05, 4.69) is 7.70 Å². The van der Waals surface area contributed by atoms with Crippen molar-refractivity contribution in [2.45, 2.75) is 0 Å². The van der Waals surface area contributed by atoms with Crippen LogP contribution in [0.3, 0.4) is 0 Å². The molecule has 0 aromatic carbocycles. The van der Waals surface area contributed by atoms with Crippen molar-refractivity contribution in [1.29, 1.82) is 5.26 Å².